The number of quaternary nitrogens is 1. The predicted molar refractivity (Wildman–Crippen MR) is 86.2 cm³/mol. The first kappa shape index (κ1) is 18.3. The van der Waals surface area contributed by atoms with Crippen molar-refractivity contribution in [1.29, 1.82) is 0 Å². The van der Waals surface area contributed by atoms with Crippen LogP contribution in [0.15, 0.2) is 36.4 Å². The van der Waals surface area contributed by atoms with Gasteiger partial charge in [-0.3, -0.25) is 4.79 Å². The SMILES string of the molecule is C[C@H]([NH2+][C@H](C)C(=O)Nc1ccc(F)c(F)c1F)c1cccc(Cl)c1. The molecular formula is C17H17ClF3N2O+. The molecule has 3 N–H and O–H groups in total. The zero-order valence-corrected chi connectivity index (χ0v) is 13.9. The number of amides is 1. The fourth-order valence-corrected chi connectivity index (χ4v) is 2.49. The largest absolute Gasteiger partial charge is 0.330 e. The van der Waals surface area contributed by atoms with Crippen molar-refractivity contribution < 1.29 is 23.3 Å². The van der Waals surface area contributed by atoms with Crippen LogP contribution >= 0.6 is 11.6 Å². The van der Waals surface area contributed by atoms with Gasteiger partial charge in [0.05, 0.1) is 5.69 Å². The quantitative estimate of drug-likeness (QED) is 0.791. The highest BCUT2D eigenvalue weighted by molar-refractivity contribution is 6.30. The minimum Gasteiger partial charge on any atom is -0.330 e. The van der Waals surface area contributed by atoms with Crippen LogP contribution in [0.2, 0.25) is 5.02 Å². The van der Waals surface area contributed by atoms with Gasteiger partial charge in [-0.05, 0) is 38.1 Å². The van der Waals surface area contributed by atoms with Crippen molar-refractivity contribution in [3.8, 4) is 0 Å². The second-order valence-electron chi connectivity index (χ2n) is 5.54. The van der Waals surface area contributed by atoms with E-state index < -0.39 is 35.1 Å². The lowest BCUT2D eigenvalue weighted by Gasteiger charge is -2.17. The minimum absolute atomic E-state index is 0.0701. The van der Waals surface area contributed by atoms with Crippen molar-refractivity contribution in [2.75, 3.05) is 5.32 Å². The van der Waals surface area contributed by atoms with Crippen molar-refractivity contribution in [1.82, 2.24) is 0 Å². The molecule has 0 saturated carbocycles. The highest BCUT2D eigenvalue weighted by atomic mass is 35.5. The van der Waals surface area contributed by atoms with Gasteiger partial charge in [-0.2, -0.15) is 0 Å². The predicted octanol–water partition coefficient (Wildman–Crippen LogP) is 3.41. The molecule has 2 rings (SSSR count). The van der Waals surface area contributed by atoms with Gasteiger partial charge in [-0.1, -0.05) is 23.7 Å². The highest BCUT2D eigenvalue weighted by Crippen LogP contribution is 2.19. The Balaban J connectivity index is 2.03. The van der Waals surface area contributed by atoms with Gasteiger partial charge >= 0.3 is 0 Å². The molecule has 0 aliphatic heterocycles. The van der Waals surface area contributed by atoms with E-state index in [4.69, 9.17) is 11.6 Å². The van der Waals surface area contributed by atoms with Gasteiger partial charge in [0.1, 0.15) is 6.04 Å². The third-order valence-corrected chi connectivity index (χ3v) is 3.89. The summed E-state index contributed by atoms with van der Waals surface area (Å²) in [5, 5.41) is 4.62. The van der Waals surface area contributed by atoms with Crippen molar-refractivity contribution in [2.24, 2.45) is 0 Å². The molecule has 24 heavy (non-hydrogen) atoms. The Morgan fingerprint density at radius 1 is 1.12 bits per heavy atom. The van der Waals surface area contributed by atoms with Crippen molar-refractivity contribution in [3.05, 3.63) is 64.4 Å². The van der Waals surface area contributed by atoms with E-state index in [2.05, 4.69) is 5.32 Å². The molecule has 3 nitrogen and oxygen atoms in total. The van der Waals surface area contributed by atoms with Crippen LogP contribution in [0.3, 0.4) is 0 Å². The van der Waals surface area contributed by atoms with Gasteiger partial charge in [-0.15, -0.1) is 0 Å². The molecule has 0 unspecified atom stereocenters. The van der Waals surface area contributed by atoms with Crippen LogP contribution in [0.4, 0.5) is 18.9 Å². The van der Waals surface area contributed by atoms with Crippen molar-refractivity contribution >= 4 is 23.2 Å². The van der Waals surface area contributed by atoms with Crippen LogP contribution in [0.5, 0.6) is 0 Å². The summed E-state index contributed by atoms with van der Waals surface area (Å²) in [5.41, 5.74) is 0.538. The maximum absolute atomic E-state index is 13.6. The minimum atomic E-state index is -1.61. The summed E-state index contributed by atoms with van der Waals surface area (Å²) >= 11 is 5.94. The Morgan fingerprint density at radius 2 is 1.83 bits per heavy atom. The third kappa shape index (κ3) is 4.27. The standard InChI is InChI=1S/C17H16ClF3N2O/c1-9(11-4-3-5-12(18)8-11)22-10(2)17(24)23-14-7-6-13(19)15(20)16(14)21/h3-10,22H,1-2H3,(H,23,24)/p+1/t9-,10+/m0/s1. The van der Waals surface area contributed by atoms with E-state index in [1.165, 1.54) is 0 Å². The van der Waals surface area contributed by atoms with Crippen LogP contribution in [0, 0.1) is 17.5 Å². The summed E-state index contributed by atoms with van der Waals surface area (Å²) in [6.07, 6.45) is 0. The summed E-state index contributed by atoms with van der Waals surface area (Å²) in [5.74, 6) is -4.86. The second kappa shape index (κ2) is 7.68. The van der Waals surface area contributed by atoms with Crippen LogP contribution in [0.1, 0.15) is 25.5 Å². The lowest BCUT2D eigenvalue weighted by molar-refractivity contribution is -0.709. The summed E-state index contributed by atoms with van der Waals surface area (Å²) in [6.45, 7) is 3.53. The Kier molecular flexibility index (Phi) is 5.85. The van der Waals surface area contributed by atoms with Crippen molar-refractivity contribution in [2.45, 2.75) is 25.9 Å². The number of benzene rings is 2. The lowest BCUT2D eigenvalue weighted by atomic mass is 10.1. The summed E-state index contributed by atoms with van der Waals surface area (Å²) in [7, 11) is 0. The first-order valence-electron chi connectivity index (χ1n) is 7.34. The third-order valence-electron chi connectivity index (χ3n) is 3.66. The van der Waals surface area contributed by atoms with E-state index in [1.54, 1.807) is 24.4 Å². The zero-order valence-electron chi connectivity index (χ0n) is 13.1. The summed E-state index contributed by atoms with van der Waals surface area (Å²) in [6, 6.07) is 8.33. The monoisotopic (exact) mass is 357 g/mol. The fraction of sp³-hybridized carbons (Fsp3) is 0.235. The topological polar surface area (TPSA) is 45.7 Å². The average Bonchev–Trinajstić information content (AvgIpc) is 2.55. The highest BCUT2D eigenvalue weighted by Gasteiger charge is 2.23. The first-order valence-corrected chi connectivity index (χ1v) is 7.72. The van der Waals surface area contributed by atoms with Gasteiger partial charge in [0.2, 0.25) is 0 Å². The molecule has 1 amide bonds. The van der Waals surface area contributed by atoms with Crippen LogP contribution in [0.25, 0.3) is 0 Å². The zero-order chi connectivity index (χ0) is 17.9. The Bertz CT molecular complexity index is 755. The maximum atomic E-state index is 13.6. The maximum Gasteiger partial charge on any atom is 0.282 e. The van der Waals surface area contributed by atoms with Gasteiger partial charge in [0, 0.05) is 10.6 Å². The van der Waals surface area contributed by atoms with E-state index in [-0.39, 0.29) is 6.04 Å². The molecule has 0 aliphatic rings. The number of hydrogen-bond acceptors (Lipinski definition) is 1. The molecule has 0 fully saturated rings. The fourth-order valence-electron chi connectivity index (χ4n) is 2.29. The normalized spacial score (nSPS) is 13.4. The smallest absolute Gasteiger partial charge is 0.282 e. The molecule has 128 valence electrons. The number of hydrogen-bond donors (Lipinski definition) is 2. The van der Waals surface area contributed by atoms with Gasteiger partial charge in [0.15, 0.2) is 23.5 Å². The number of anilines is 1. The number of rotatable bonds is 5. The number of carbonyl (C=O) groups is 1. The van der Waals surface area contributed by atoms with Crippen LogP contribution < -0.4 is 10.6 Å². The van der Waals surface area contributed by atoms with Crippen molar-refractivity contribution in [3.63, 3.8) is 0 Å². The van der Waals surface area contributed by atoms with Gasteiger partial charge in [-0.25, -0.2) is 13.2 Å². The molecule has 7 heteroatoms. The van der Waals surface area contributed by atoms with E-state index in [1.807, 2.05) is 19.1 Å². The molecule has 0 saturated heterocycles. The van der Waals surface area contributed by atoms with E-state index in [0.29, 0.717) is 5.02 Å². The molecule has 0 aromatic heterocycles. The molecule has 2 aromatic rings. The Hall–Kier alpha value is -2.05. The number of nitrogens with one attached hydrogen (secondary N) is 1. The van der Waals surface area contributed by atoms with Gasteiger partial charge in [0.25, 0.3) is 5.91 Å². The Labute approximate surface area is 142 Å². The molecule has 0 heterocycles. The Morgan fingerprint density at radius 3 is 2.50 bits per heavy atom. The lowest BCUT2D eigenvalue weighted by Crippen LogP contribution is -2.91. The molecule has 0 aliphatic carbocycles. The van der Waals surface area contributed by atoms with Crippen LogP contribution in [-0.2, 0) is 4.79 Å². The second-order valence-corrected chi connectivity index (χ2v) is 5.97. The van der Waals surface area contributed by atoms with E-state index in [0.717, 1.165) is 17.7 Å². The number of halogens is 4. The molecule has 0 radical (unpaired) electrons. The first-order chi connectivity index (χ1) is 11.3. The number of carbonyl (C=O) groups excluding carboxylic acids is 1. The molecule has 2 atom stereocenters. The molecule has 0 spiro atoms. The summed E-state index contributed by atoms with van der Waals surface area (Å²) in [4.78, 5) is 12.1. The summed E-state index contributed by atoms with van der Waals surface area (Å²) < 4.78 is 39.7. The molecule has 0 bridgehead atoms. The van der Waals surface area contributed by atoms with Gasteiger partial charge < -0.3 is 10.6 Å². The van der Waals surface area contributed by atoms with E-state index >= 15 is 0 Å². The molecular weight excluding hydrogens is 341 g/mol. The van der Waals surface area contributed by atoms with Crippen LogP contribution in [-0.4, -0.2) is 11.9 Å². The van der Waals surface area contributed by atoms with E-state index in [9.17, 15) is 18.0 Å². The average molecular weight is 358 g/mol. The molecule has 2 aromatic carbocycles. The number of nitrogens with two attached hydrogens (primary N) is 1.